The lowest BCUT2D eigenvalue weighted by Gasteiger charge is -2.61. The lowest BCUT2D eigenvalue weighted by atomic mass is 9.64. The van der Waals surface area contributed by atoms with E-state index in [0.717, 1.165) is 36.9 Å². The Morgan fingerprint density at radius 2 is 2.08 bits per heavy atom. The van der Waals surface area contributed by atoms with E-state index in [4.69, 9.17) is 4.74 Å². The maximum absolute atomic E-state index is 13.2. The van der Waals surface area contributed by atoms with Gasteiger partial charge in [-0.05, 0) is 49.9 Å². The highest BCUT2D eigenvalue weighted by atomic mass is 19.3. The fourth-order valence-electron chi connectivity index (χ4n) is 5.81. The van der Waals surface area contributed by atoms with Crippen LogP contribution in [0.5, 0.6) is 5.88 Å². The summed E-state index contributed by atoms with van der Waals surface area (Å²) in [6.45, 7) is 3.78. The predicted molar refractivity (Wildman–Crippen MR) is 130 cm³/mol. The van der Waals surface area contributed by atoms with Gasteiger partial charge in [-0.3, -0.25) is 4.79 Å². The van der Waals surface area contributed by atoms with Crippen LogP contribution in [0.1, 0.15) is 32.0 Å². The van der Waals surface area contributed by atoms with E-state index < -0.39 is 13.0 Å². The molecule has 0 radical (unpaired) electrons. The molecule has 3 aromatic heterocycles. The number of aromatic nitrogens is 5. The van der Waals surface area contributed by atoms with Crippen LogP contribution in [0.15, 0.2) is 30.5 Å². The molecule has 0 unspecified atom stereocenters. The van der Waals surface area contributed by atoms with E-state index in [0.29, 0.717) is 34.2 Å². The predicted octanol–water partition coefficient (Wildman–Crippen LogP) is 3.89. The van der Waals surface area contributed by atoms with Crippen molar-refractivity contribution in [2.75, 3.05) is 19.0 Å². The highest BCUT2D eigenvalue weighted by Gasteiger charge is 2.55. The smallest absolute Gasteiger partial charge is 0.256 e. The lowest BCUT2D eigenvalue weighted by Crippen LogP contribution is -2.70. The van der Waals surface area contributed by atoms with Crippen LogP contribution in [0.2, 0.25) is 0 Å². The van der Waals surface area contributed by atoms with Gasteiger partial charge in [0.25, 0.3) is 6.43 Å². The molecule has 11 heteroatoms. The zero-order valence-corrected chi connectivity index (χ0v) is 20.3. The molecule has 1 aliphatic heterocycles. The van der Waals surface area contributed by atoms with Gasteiger partial charge in [-0.1, -0.05) is 6.07 Å². The Morgan fingerprint density at radius 3 is 2.75 bits per heavy atom. The molecule has 188 valence electrons. The Morgan fingerprint density at radius 1 is 1.28 bits per heavy atom. The molecule has 2 fully saturated rings. The molecule has 4 heterocycles. The summed E-state index contributed by atoms with van der Waals surface area (Å²) < 4.78 is 35.2. The van der Waals surface area contributed by atoms with Crippen LogP contribution in [0.25, 0.3) is 27.7 Å². The maximum Gasteiger partial charge on any atom is 0.256 e. The standard InChI is InChI=1S/C25H27F2N7O2/c1-14-28-19-5-4-16(10-20(19)32(14)13-21(26)27)18-6-8-34-22(18)23(36-3)30-24(31-34)29-17-11-25(12-17)7-9-33(25)15(2)35/h4-6,8,10,17,21H,7,9,11-13H2,1-3H3,(H,29,31)/t17-,25+. The van der Waals surface area contributed by atoms with Gasteiger partial charge in [-0.15, -0.1) is 5.10 Å². The molecule has 1 spiro atoms. The van der Waals surface area contributed by atoms with Gasteiger partial charge in [0.05, 0.1) is 24.7 Å². The van der Waals surface area contributed by atoms with Crippen LogP contribution in [-0.2, 0) is 11.3 Å². The van der Waals surface area contributed by atoms with Gasteiger partial charge in [0, 0.05) is 36.8 Å². The van der Waals surface area contributed by atoms with Gasteiger partial charge >= 0.3 is 0 Å². The number of fused-ring (bicyclic) bond motifs is 2. The van der Waals surface area contributed by atoms with E-state index in [1.807, 2.05) is 35.4 Å². The van der Waals surface area contributed by atoms with E-state index >= 15 is 0 Å². The number of alkyl halides is 2. The molecule has 1 aliphatic carbocycles. The molecule has 1 aromatic carbocycles. The van der Waals surface area contributed by atoms with E-state index in [-0.39, 0.29) is 17.5 Å². The fourth-order valence-corrected chi connectivity index (χ4v) is 5.81. The number of nitrogens with zero attached hydrogens (tertiary/aromatic N) is 6. The van der Waals surface area contributed by atoms with Gasteiger partial charge in [0.1, 0.15) is 11.3 Å². The van der Waals surface area contributed by atoms with E-state index in [2.05, 4.69) is 20.4 Å². The summed E-state index contributed by atoms with van der Waals surface area (Å²) >= 11 is 0. The van der Waals surface area contributed by atoms with Crippen molar-refractivity contribution in [3.8, 4) is 17.0 Å². The molecule has 0 atom stereocenters. The molecule has 9 nitrogen and oxygen atoms in total. The van der Waals surface area contributed by atoms with Crippen molar-refractivity contribution in [3.05, 3.63) is 36.3 Å². The lowest BCUT2D eigenvalue weighted by molar-refractivity contribution is -0.154. The molecule has 1 saturated heterocycles. The van der Waals surface area contributed by atoms with E-state index in [1.165, 1.54) is 4.57 Å². The Labute approximate surface area is 206 Å². The number of nitrogens with one attached hydrogen (secondary N) is 1. The van der Waals surface area contributed by atoms with E-state index in [9.17, 15) is 13.6 Å². The second kappa shape index (κ2) is 8.14. The Hall–Kier alpha value is -3.76. The first-order chi connectivity index (χ1) is 17.3. The van der Waals surface area contributed by atoms with Crippen molar-refractivity contribution >= 4 is 28.4 Å². The Bertz CT molecular complexity index is 1490. The molecular formula is C25H27F2N7O2. The topological polar surface area (TPSA) is 89.6 Å². The number of imidazole rings is 1. The first-order valence-electron chi connectivity index (χ1n) is 12.0. The molecule has 0 bridgehead atoms. The van der Waals surface area contributed by atoms with Gasteiger partial charge < -0.3 is 19.5 Å². The largest absolute Gasteiger partial charge is 0.479 e. The molecule has 36 heavy (non-hydrogen) atoms. The summed E-state index contributed by atoms with van der Waals surface area (Å²) in [7, 11) is 1.56. The number of carbonyl (C=O) groups is 1. The normalized spacial score (nSPS) is 21.3. The highest BCUT2D eigenvalue weighted by Crippen LogP contribution is 2.48. The first kappa shape index (κ1) is 22.7. The molecular weight excluding hydrogens is 468 g/mol. The summed E-state index contributed by atoms with van der Waals surface area (Å²) in [4.78, 5) is 22.8. The van der Waals surface area contributed by atoms with Crippen molar-refractivity contribution in [3.63, 3.8) is 0 Å². The number of hydrogen-bond acceptors (Lipinski definition) is 6. The number of ether oxygens (including phenoxy) is 1. The van der Waals surface area contributed by atoms with Crippen LogP contribution in [0, 0.1) is 6.92 Å². The monoisotopic (exact) mass is 495 g/mol. The summed E-state index contributed by atoms with van der Waals surface area (Å²) in [6, 6.07) is 7.71. The van der Waals surface area contributed by atoms with Crippen molar-refractivity contribution in [2.45, 2.75) is 57.7 Å². The van der Waals surface area contributed by atoms with Crippen LogP contribution in [0.4, 0.5) is 14.7 Å². The van der Waals surface area contributed by atoms with Gasteiger partial charge in [0.15, 0.2) is 0 Å². The number of aryl methyl sites for hydroxylation is 1. The third-order valence-corrected chi connectivity index (χ3v) is 7.58. The Balaban J connectivity index is 1.30. The van der Waals surface area contributed by atoms with Gasteiger partial charge in [-0.25, -0.2) is 18.3 Å². The average molecular weight is 496 g/mol. The SMILES string of the molecule is COc1nc(N[C@H]2C[C@]3(CCN3C(C)=O)C2)nn2ccc(-c3ccc4nc(C)n(CC(F)F)c4c3)c12. The number of hydrogen-bond donors (Lipinski definition) is 1. The van der Waals surface area contributed by atoms with Crippen molar-refractivity contribution in [2.24, 2.45) is 0 Å². The minimum Gasteiger partial charge on any atom is -0.479 e. The second-order valence-corrected chi connectivity index (χ2v) is 9.73. The molecule has 1 amide bonds. The minimum atomic E-state index is -2.47. The highest BCUT2D eigenvalue weighted by molar-refractivity contribution is 5.90. The molecule has 1 N–H and O–H groups in total. The number of halogens is 2. The molecule has 2 aliphatic rings. The summed E-state index contributed by atoms with van der Waals surface area (Å²) in [6.07, 6.45) is 2.14. The zero-order valence-electron chi connectivity index (χ0n) is 20.3. The van der Waals surface area contributed by atoms with Crippen LogP contribution in [-0.4, -0.2) is 66.6 Å². The van der Waals surface area contributed by atoms with Gasteiger partial charge in [0.2, 0.25) is 17.7 Å². The number of rotatable bonds is 6. The first-order valence-corrected chi connectivity index (χ1v) is 12.0. The van der Waals surface area contributed by atoms with Crippen LogP contribution < -0.4 is 10.1 Å². The number of likely N-dealkylation sites (tertiary alicyclic amines) is 1. The maximum atomic E-state index is 13.2. The van der Waals surface area contributed by atoms with Gasteiger partial charge in [-0.2, -0.15) is 4.98 Å². The fraction of sp³-hybridized carbons (Fsp3) is 0.440. The Kier molecular flexibility index (Phi) is 5.13. The van der Waals surface area contributed by atoms with Crippen molar-refractivity contribution in [1.29, 1.82) is 0 Å². The van der Waals surface area contributed by atoms with Crippen molar-refractivity contribution in [1.82, 2.24) is 29.0 Å². The summed E-state index contributed by atoms with van der Waals surface area (Å²) in [5, 5.41) is 8.02. The minimum absolute atomic E-state index is 0.00779. The molecule has 4 aromatic rings. The quantitative estimate of drug-likeness (QED) is 0.437. The van der Waals surface area contributed by atoms with Crippen molar-refractivity contribution < 1.29 is 18.3 Å². The zero-order chi connectivity index (χ0) is 25.2. The molecule has 1 saturated carbocycles. The number of anilines is 1. The van der Waals surface area contributed by atoms with Crippen LogP contribution >= 0.6 is 0 Å². The number of benzene rings is 1. The third kappa shape index (κ3) is 3.48. The third-order valence-electron chi connectivity index (χ3n) is 7.58. The molecule has 6 rings (SSSR count). The second-order valence-electron chi connectivity index (χ2n) is 9.73. The van der Waals surface area contributed by atoms with E-state index in [1.54, 1.807) is 25.5 Å². The number of methoxy groups -OCH3 is 1. The summed E-state index contributed by atoms with van der Waals surface area (Å²) in [5.41, 5.74) is 3.66. The summed E-state index contributed by atoms with van der Waals surface area (Å²) in [5.74, 6) is 1.54. The number of carbonyl (C=O) groups excluding carboxylic acids is 1. The van der Waals surface area contributed by atoms with Crippen LogP contribution in [0.3, 0.4) is 0 Å². The average Bonchev–Trinajstić information content (AvgIpc) is 3.34. The number of amides is 1.